The van der Waals surface area contributed by atoms with Gasteiger partial charge in [-0.25, -0.2) is 0 Å². The highest BCUT2D eigenvalue weighted by molar-refractivity contribution is 5.84. The minimum atomic E-state index is -1.37. The lowest BCUT2D eigenvalue weighted by Crippen LogP contribution is -2.44. The van der Waals surface area contributed by atoms with Crippen LogP contribution in [-0.2, 0) is 25.5 Å². The Labute approximate surface area is 140 Å². The van der Waals surface area contributed by atoms with Gasteiger partial charge in [0.2, 0.25) is 0 Å². The number of ether oxygens (including phenoxy) is 2. The third-order valence-electron chi connectivity index (χ3n) is 3.87. The van der Waals surface area contributed by atoms with Gasteiger partial charge < -0.3 is 25.9 Å². The molecular formula is C17H23N3O4. The molecule has 0 fully saturated rings. The van der Waals surface area contributed by atoms with Crippen LogP contribution in [0.25, 0.3) is 10.9 Å². The maximum Gasteiger partial charge on any atom is 0.326 e. The van der Waals surface area contributed by atoms with Crippen molar-refractivity contribution in [2.75, 3.05) is 6.54 Å². The first-order chi connectivity index (χ1) is 11.4. The topological polar surface area (TPSA) is 120 Å². The second-order valence-electron chi connectivity index (χ2n) is 5.76. The average Bonchev–Trinajstić information content (AvgIpc) is 2.97. The van der Waals surface area contributed by atoms with Crippen molar-refractivity contribution in [3.05, 3.63) is 36.0 Å². The van der Waals surface area contributed by atoms with Crippen molar-refractivity contribution in [3.63, 3.8) is 0 Å². The minimum Gasteiger partial charge on any atom is -0.422 e. The van der Waals surface area contributed by atoms with E-state index in [1.54, 1.807) is 6.92 Å². The molecule has 0 radical (unpaired) electrons. The average molecular weight is 333 g/mol. The molecule has 1 aromatic carbocycles. The highest BCUT2D eigenvalue weighted by Gasteiger charge is 2.33. The Morgan fingerprint density at radius 1 is 1.29 bits per heavy atom. The van der Waals surface area contributed by atoms with Crippen LogP contribution >= 0.6 is 0 Å². The smallest absolute Gasteiger partial charge is 0.326 e. The van der Waals surface area contributed by atoms with Crippen molar-refractivity contribution in [2.24, 2.45) is 11.5 Å². The lowest BCUT2D eigenvalue weighted by Gasteiger charge is -2.29. The Hall–Kier alpha value is -2.38. The zero-order valence-corrected chi connectivity index (χ0v) is 13.9. The fourth-order valence-electron chi connectivity index (χ4n) is 2.36. The zero-order chi connectivity index (χ0) is 17.7. The Bertz CT molecular complexity index is 727. The summed E-state index contributed by atoms with van der Waals surface area (Å²) in [5.74, 6) is -2.64. The van der Waals surface area contributed by atoms with E-state index in [2.05, 4.69) is 4.98 Å². The second-order valence-corrected chi connectivity index (χ2v) is 5.76. The molecule has 2 aromatic rings. The molecular weight excluding hydrogens is 310 g/mol. The molecule has 0 amide bonds. The summed E-state index contributed by atoms with van der Waals surface area (Å²) in [7, 11) is 0. The van der Waals surface area contributed by atoms with E-state index in [1.807, 2.05) is 30.5 Å². The molecule has 1 heterocycles. The lowest BCUT2D eigenvalue weighted by molar-refractivity contribution is -0.223. The summed E-state index contributed by atoms with van der Waals surface area (Å²) in [6.07, 6.45) is 2.43. The quantitative estimate of drug-likeness (QED) is 0.517. The molecule has 0 aliphatic carbocycles. The van der Waals surface area contributed by atoms with Gasteiger partial charge in [-0.3, -0.25) is 9.59 Å². The fourth-order valence-corrected chi connectivity index (χ4v) is 2.36. The normalized spacial score (nSPS) is 14.8. The first-order valence-electron chi connectivity index (χ1n) is 7.84. The van der Waals surface area contributed by atoms with Gasteiger partial charge in [-0.05, 0) is 11.6 Å². The third-order valence-corrected chi connectivity index (χ3v) is 3.87. The molecule has 130 valence electrons. The highest BCUT2D eigenvalue weighted by Crippen LogP contribution is 2.21. The van der Waals surface area contributed by atoms with Crippen molar-refractivity contribution in [3.8, 4) is 0 Å². The summed E-state index contributed by atoms with van der Waals surface area (Å²) in [5, 5.41) is 1.01. The maximum absolute atomic E-state index is 12.3. The van der Waals surface area contributed by atoms with Crippen molar-refractivity contribution in [1.82, 2.24) is 4.98 Å². The van der Waals surface area contributed by atoms with Crippen LogP contribution in [0.1, 0.15) is 25.8 Å². The van der Waals surface area contributed by atoms with Crippen molar-refractivity contribution in [1.29, 1.82) is 0 Å². The van der Waals surface area contributed by atoms with E-state index in [-0.39, 0.29) is 6.54 Å². The predicted octanol–water partition coefficient (Wildman–Crippen LogP) is 1.21. The van der Waals surface area contributed by atoms with E-state index >= 15 is 0 Å². The van der Waals surface area contributed by atoms with Gasteiger partial charge in [0.15, 0.2) is 0 Å². The summed E-state index contributed by atoms with van der Waals surface area (Å²) in [5.41, 5.74) is 13.1. The number of benzene rings is 1. The van der Waals surface area contributed by atoms with Crippen molar-refractivity contribution < 1.29 is 19.1 Å². The molecule has 1 aromatic heterocycles. The standard InChI is InChI=1S/C17H23N3O4/c1-3-17(2,23-15(21)9-18)24-16(22)13(19)8-11-10-20-14-7-5-4-6-12(11)14/h4-7,10,13,20H,3,8-9,18-19H2,1-2H3. The number of rotatable bonds is 7. The van der Waals surface area contributed by atoms with Crippen LogP contribution < -0.4 is 11.5 Å². The molecule has 0 aliphatic heterocycles. The number of para-hydroxylation sites is 1. The van der Waals surface area contributed by atoms with Crippen LogP contribution in [0.4, 0.5) is 0 Å². The molecule has 5 N–H and O–H groups in total. The van der Waals surface area contributed by atoms with Gasteiger partial charge in [0.1, 0.15) is 6.04 Å². The van der Waals surface area contributed by atoms with E-state index in [9.17, 15) is 9.59 Å². The second kappa shape index (κ2) is 7.46. The van der Waals surface area contributed by atoms with E-state index in [4.69, 9.17) is 20.9 Å². The summed E-state index contributed by atoms with van der Waals surface area (Å²) >= 11 is 0. The van der Waals surface area contributed by atoms with Gasteiger partial charge in [0.05, 0.1) is 6.54 Å². The van der Waals surface area contributed by atoms with Crippen molar-refractivity contribution in [2.45, 2.75) is 38.5 Å². The van der Waals surface area contributed by atoms with E-state index in [1.165, 1.54) is 6.92 Å². The number of carbonyl (C=O) groups is 2. The summed E-state index contributed by atoms with van der Waals surface area (Å²) < 4.78 is 10.4. The molecule has 2 unspecified atom stereocenters. The molecule has 2 rings (SSSR count). The molecule has 24 heavy (non-hydrogen) atoms. The first-order valence-corrected chi connectivity index (χ1v) is 7.84. The number of hydrogen-bond donors (Lipinski definition) is 3. The van der Waals surface area contributed by atoms with Crippen LogP contribution in [-0.4, -0.2) is 35.3 Å². The van der Waals surface area contributed by atoms with E-state index in [0.717, 1.165) is 16.5 Å². The van der Waals surface area contributed by atoms with Gasteiger partial charge in [-0.2, -0.15) is 0 Å². The van der Waals surface area contributed by atoms with Crippen molar-refractivity contribution >= 4 is 22.8 Å². The van der Waals surface area contributed by atoms with Gasteiger partial charge in [0.25, 0.3) is 5.79 Å². The molecule has 2 atom stereocenters. The molecule has 0 saturated carbocycles. The number of fused-ring (bicyclic) bond motifs is 1. The van der Waals surface area contributed by atoms with Crippen LogP contribution in [0.15, 0.2) is 30.5 Å². The van der Waals surface area contributed by atoms with Gasteiger partial charge in [-0.15, -0.1) is 0 Å². The summed E-state index contributed by atoms with van der Waals surface area (Å²) in [6, 6.07) is 6.88. The Balaban J connectivity index is 2.04. The minimum absolute atomic E-state index is 0.283. The SMILES string of the molecule is CCC(C)(OC(=O)CN)OC(=O)C(N)Cc1c[nH]c2ccccc12. The molecule has 0 saturated heterocycles. The van der Waals surface area contributed by atoms with Crippen LogP contribution in [0.3, 0.4) is 0 Å². The van der Waals surface area contributed by atoms with Crippen LogP contribution in [0, 0.1) is 0 Å². The number of carbonyl (C=O) groups excluding carboxylic acids is 2. The fraction of sp³-hybridized carbons (Fsp3) is 0.412. The number of hydrogen-bond acceptors (Lipinski definition) is 6. The number of aromatic amines is 1. The predicted molar refractivity (Wildman–Crippen MR) is 89.9 cm³/mol. The zero-order valence-electron chi connectivity index (χ0n) is 13.9. The number of nitrogens with two attached hydrogens (primary N) is 2. The van der Waals surface area contributed by atoms with Crippen LogP contribution in [0.2, 0.25) is 0 Å². The van der Waals surface area contributed by atoms with Gasteiger partial charge >= 0.3 is 11.9 Å². The van der Waals surface area contributed by atoms with E-state index in [0.29, 0.717) is 12.8 Å². The number of aromatic nitrogens is 1. The Kier molecular flexibility index (Phi) is 5.58. The number of nitrogens with one attached hydrogen (secondary N) is 1. The highest BCUT2D eigenvalue weighted by atomic mass is 16.7. The molecule has 7 nitrogen and oxygen atoms in total. The first kappa shape index (κ1) is 18.0. The monoisotopic (exact) mass is 333 g/mol. The third kappa shape index (κ3) is 4.12. The largest absolute Gasteiger partial charge is 0.422 e. The Morgan fingerprint density at radius 3 is 2.67 bits per heavy atom. The van der Waals surface area contributed by atoms with Gasteiger partial charge in [0, 0.05) is 36.9 Å². The molecule has 0 bridgehead atoms. The number of esters is 2. The lowest BCUT2D eigenvalue weighted by atomic mass is 10.1. The van der Waals surface area contributed by atoms with Crippen LogP contribution in [0.5, 0.6) is 0 Å². The summed E-state index contributed by atoms with van der Waals surface area (Å²) in [4.78, 5) is 26.8. The Morgan fingerprint density at radius 2 is 2.00 bits per heavy atom. The summed E-state index contributed by atoms with van der Waals surface area (Å²) in [6.45, 7) is 2.97. The van der Waals surface area contributed by atoms with E-state index < -0.39 is 23.8 Å². The molecule has 0 spiro atoms. The van der Waals surface area contributed by atoms with Gasteiger partial charge in [-0.1, -0.05) is 25.1 Å². The molecule has 7 heteroatoms. The molecule has 0 aliphatic rings. The number of H-pyrrole nitrogens is 1. The maximum atomic E-state index is 12.3.